The van der Waals surface area contributed by atoms with Crippen LogP contribution in [0.3, 0.4) is 0 Å². The van der Waals surface area contributed by atoms with Gasteiger partial charge in [0.05, 0.1) is 20.6 Å². The lowest BCUT2D eigenvalue weighted by Gasteiger charge is -2.02. The van der Waals surface area contributed by atoms with Crippen molar-refractivity contribution < 1.29 is 14.3 Å². The Balaban J connectivity index is 2.75. The van der Waals surface area contributed by atoms with Gasteiger partial charge in [0, 0.05) is 5.02 Å². The number of benzene rings is 1. The Labute approximate surface area is 99.6 Å². The van der Waals surface area contributed by atoms with Gasteiger partial charge in [-0.1, -0.05) is 23.8 Å². The maximum absolute atomic E-state index is 10.9. The molecular formula is C12H13ClO3. The highest BCUT2D eigenvalue weighted by Gasteiger charge is 2.00. The van der Waals surface area contributed by atoms with Crippen molar-refractivity contribution in [3.05, 3.63) is 34.9 Å². The molecule has 0 aliphatic heterocycles. The molecule has 4 heteroatoms. The largest absolute Gasteiger partial charge is 0.497 e. The number of hydrogen-bond donors (Lipinski definition) is 0. The van der Waals surface area contributed by atoms with Crippen molar-refractivity contribution in [2.75, 3.05) is 14.2 Å². The molecule has 0 N–H and O–H groups in total. The van der Waals surface area contributed by atoms with Crippen LogP contribution in [0.1, 0.15) is 12.0 Å². The van der Waals surface area contributed by atoms with E-state index in [1.807, 2.05) is 0 Å². The van der Waals surface area contributed by atoms with Gasteiger partial charge in [-0.3, -0.25) is 4.79 Å². The molecule has 86 valence electrons. The van der Waals surface area contributed by atoms with E-state index in [4.69, 9.17) is 16.3 Å². The quantitative estimate of drug-likeness (QED) is 0.759. The molecule has 16 heavy (non-hydrogen) atoms. The van der Waals surface area contributed by atoms with Crippen LogP contribution in [0.25, 0.3) is 6.08 Å². The highest BCUT2D eigenvalue weighted by molar-refractivity contribution is 6.32. The lowest BCUT2D eigenvalue weighted by atomic mass is 10.2. The van der Waals surface area contributed by atoms with Crippen LogP contribution in [0.4, 0.5) is 0 Å². The van der Waals surface area contributed by atoms with Crippen molar-refractivity contribution in [1.82, 2.24) is 0 Å². The van der Waals surface area contributed by atoms with Gasteiger partial charge >= 0.3 is 5.97 Å². The minimum absolute atomic E-state index is 0.226. The van der Waals surface area contributed by atoms with Gasteiger partial charge in [-0.15, -0.1) is 0 Å². The molecule has 0 amide bonds. The average Bonchev–Trinajstić information content (AvgIpc) is 2.31. The molecule has 0 aliphatic carbocycles. The number of carbonyl (C=O) groups excluding carboxylic acids is 1. The number of ether oxygens (including phenoxy) is 2. The molecule has 3 nitrogen and oxygen atoms in total. The monoisotopic (exact) mass is 240 g/mol. The van der Waals surface area contributed by atoms with Crippen LogP contribution in [0.5, 0.6) is 5.75 Å². The Morgan fingerprint density at radius 2 is 2.19 bits per heavy atom. The van der Waals surface area contributed by atoms with Gasteiger partial charge in [0.1, 0.15) is 5.75 Å². The molecule has 0 radical (unpaired) electrons. The summed E-state index contributed by atoms with van der Waals surface area (Å²) in [7, 11) is 2.94. The maximum Gasteiger partial charge on any atom is 0.309 e. The van der Waals surface area contributed by atoms with E-state index in [1.165, 1.54) is 7.11 Å². The number of carbonyl (C=O) groups is 1. The van der Waals surface area contributed by atoms with Crippen molar-refractivity contribution in [2.45, 2.75) is 6.42 Å². The van der Waals surface area contributed by atoms with E-state index in [-0.39, 0.29) is 12.4 Å². The average molecular weight is 241 g/mol. The molecule has 0 saturated heterocycles. The van der Waals surface area contributed by atoms with Crippen molar-refractivity contribution in [3.8, 4) is 5.75 Å². The Hall–Kier alpha value is -1.48. The third-order valence-corrected chi connectivity index (χ3v) is 2.36. The van der Waals surface area contributed by atoms with Crippen LogP contribution >= 0.6 is 11.6 Å². The lowest BCUT2D eigenvalue weighted by molar-refractivity contribution is -0.139. The molecule has 1 aromatic rings. The second-order valence-corrected chi connectivity index (χ2v) is 3.48. The lowest BCUT2D eigenvalue weighted by Crippen LogP contribution is -1.96. The van der Waals surface area contributed by atoms with Crippen LogP contribution in [-0.2, 0) is 9.53 Å². The summed E-state index contributed by atoms with van der Waals surface area (Å²) in [6.45, 7) is 0. The molecule has 0 aliphatic rings. The third kappa shape index (κ3) is 3.59. The molecule has 0 bridgehead atoms. The van der Waals surface area contributed by atoms with E-state index >= 15 is 0 Å². The summed E-state index contributed by atoms with van der Waals surface area (Å²) in [5.41, 5.74) is 0.810. The Kier molecular flexibility index (Phi) is 4.86. The first-order chi connectivity index (χ1) is 7.67. The first-order valence-corrected chi connectivity index (χ1v) is 5.12. The molecule has 0 spiro atoms. The summed E-state index contributed by atoms with van der Waals surface area (Å²) in [5, 5.41) is 0.613. The van der Waals surface area contributed by atoms with Crippen molar-refractivity contribution in [3.63, 3.8) is 0 Å². The summed E-state index contributed by atoms with van der Waals surface area (Å²) in [6.07, 6.45) is 3.69. The zero-order chi connectivity index (χ0) is 12.0. The summed E-state index contributed by atoms with van der Waals surface area (Å²) >= 11 is 5.98. The topological polar surface area (TPSA) is 35.5 Å². The molecule has 0 heterocycles. The number of halogens is 1. The van der Waals surface area contributed by atoms with Gasteiger partial charge in [0.2, 0.25) is 0 Å². The summed E-state index contributed by atoms with van der Waals surface area (Å²) in [4.78, 5) is 10.9. The Morgan fingerprint density at radius 1 is 1.44 bits per heavy atom. The number of rotatable bonds is 4. The molecule has 0 saturated carbocycles. The summed E-state index contributed by atoms with van der Waals surface area (Å²) in [6, 6.07) is 5.33. The van der Waals surface area contributed by atoms with Crippen molar-refractivity contribution >= 4 is 23.6 Å². The van der Waals surface area contributed by atoms with E-state index in [0.717, 1.165) is 11.3 Å². The second-order valence-electron chi connectivity index (χ2n) is 3.07. The fraction of sp³-hybridized carbons (Fsp3) is 0.250. The van der Waals surface area contributed by atoms with Gasteiger partial charge < -0.3 is 9.47 Å². The van der Waals surface area contributed by atoms with Crippen LogP contribution < -0.4 is 4.74 Å². The van der Waals surface area contributed by atoms with Gasteiger partial charge in [0.25, 0.3) is 0 Å². The minimum Gasteiger partial charge on any atom is -0.497 e. The zero-order valence-corrected chi connectivity index (χ0v) is 9.95. The van der Waals surface area contributed by atoms with Crippen LogP contribution in [0, 0.1) is 0 Å². The standard InChI is InChI=1S/C12H13ClO3/c1-15-10-6-7-11(13)9(8-10)4-3-5-12(14)16-2/h3-4,6-8H,5H2,1-2H3. The zero-order valence-electron chi connectivity index (χ0n) is 9.20. The molecule has 1 rings (SSSR count). The Morgan fingerprint density at radius 3 is 2.81 bits per heavy atom. The summed E-state index contributed by atoms with van der Waals surface area (Å²) < 4.78 is 9.59. The second kappa shape index (κ2) is 6.18. The molecule has 0 fully saturated rings. The highest BCUT2D eigenvalue weighted by atomic mass is 35.5. The Bertz CT molecular complexity index is 399. The molecule has 0 aromatic heterocycles. The van der Waals surface area contributed by atoms with Gasteiger partial charge in [-0.05, 0) is 23.8 Å². The van der Waals surface area contributed by atoms with Crippen LogP contribution in [0.15, 0.2) is 24.3 Å². The van der Waals surface area contributed by atoms with Crippen molar-refractivity contribution in [1.29, 1.82) is 0 Å². The molecule has 1 aromatic carbocycles. The van der Waals surface area contributed by atoms with Crippen LogP contribution in [-0.4, -0.2) is 20.2 Å². The van der Waals surface area contributed by atoms with E-state index in [9.17, 15) is 4.79 Å². The van der Waals surface area contributed by atoms with E-state index in [2.05, 4.69) is 4.74 Å². The number of methoxy groups -OCH3 is 2. The minimum atomic E-state index is -0.282. The normalized spacial score (nSPS) is 10.4. The first kappa shape index (κ1) is 12.6. The molecular weight excluding hydrogens is 228 g/mol. The molecule has 0 atom stereocenters. The first-order valence-electron chi connectivity index (χ1n) is 4.74. The number of esters is 1. The number of hydrogen-bond acceptors (Lipinski definition) is 3. The predicted molar refractivity (Wildman–Crippen MR) is 63.7 cm³/mol. The van der Waals surface area contributed by atoms with Gasteiger partial charge in [0.15, 0.2) is 0 Å². The highest BCUT2D eigenvalue weighted by Crippen LogP contribution is 2.23. The fourth-order valence-corrected chi connectivity index (χ4v) is 1.32. The SMILES string of the molecule is COC(=O)CC=Cc1cc(OC)ccc1Cl. The summed E-state index contributed by atoms with van der Waals surface area (Å²) in [5.74, 6) is 0.442. The van der Waals surface area contributed by atoms with E-state index < -0.39 is 0 Å². The van der Waals surface area contributed by atoms with Gasteiger partial charge in [-0.2, -0.15) is 0 Å². The maximum atomic E-state index is 10.9. The fourth-order valence-electron chi connectivity index (χ4n) is 1.14. The van der Waals surface area contributed by atoms with E-state index in [0.29, 0.717) is 5.02 Å². The predicted octanol–water partition coefficient (Wildman–Crippen LogP) is 2.92. The van der Waals surface area contributed by atoms with Crippen LogP contribution in [0.2, 0.25) is 5.02 Å². The smallest absolute Gasteiger partial charge is 0.309 e. The van der Waals surface area contributed by atoms with Gasteiger partial charge in [-0.25, -0.2) is 0 Å². The van der Waals surface area contributed by atoms with E-state index in [1.54, 1.807) is 37.5 Å². The third-order valence-electron chi connectivity index (χ3n) is 2.01. The van der Waals surface area contributed by atoms with Crippen molar-refractivity contribution in [2.24, 2.45) is 0 Å². The molecule has 0 unspecified atom stereocenters.